The van der Waals surface area contributed by atoms with Crippen LogP contribution in [-0.2, 0) is 12.8 Å². The number of anilines is 2. The normalized spacial score (nSPS) is 10.8. The molecule has 0 aliphatic carbocycles. The molecule has 0 aliphatic rings. The van der Waals surface area contributed by atoms with E-state index >= 15 is 0 Å². The lowest BCUT2D eigenvalue weighted by Gasteiger charge is -2.15. The summed E-state index contributed by atoms with van der Waals surface area (Å²) >= 11 is 0. The molecule has 1 heteroatoms. The van der Waals surface area contributed by atoms with E-state index in [1.807, 2.05) is 0 Å². The van der Waals surface area contributed by atoms with Crippen LogP contribution in [-0.4, -0.2) is 0 Å². The van der Waals surface area contributed by atoms with Gasteiger partial charge in [0.05, 0.1) is 0 Å². The summed E-state index contributed by atoms with van der Waals surface area (Å²) in [7, 11) is 0. The fourth-order valence-electron chi connectivity index (χ4n) is 3.41. The zero-order chi connectivity index (χ0) is 15.6. The van der Waals surface area contributed by atoms with Crippen molar-refractivity contribution in [2.45, 2.75) is 54.4 Å². The van der Waals surface area contributed by atoms with Crippen molar-refractivity contribution in [2.24, 2.45) is 0 Å². The SMILES string of the molecule is CCc1c(C)cc(Nc2cc(C)c(CC)c(C)c2)cc1C. The van der Waals surface area contributed by atoms with E-state index in [9.17, 15) is 0 Å². The van der Waals surface area contributed by atoms with Crippen molar-refractivity contribution >= 4 is 11.4 Å². The van der Waals surface area contributed by atoms with E-state index in [1.54, 1.807) is 0 Å². The van der Waals surface area contributed by atoms with Gasteiger partial charge in [-0.3, -0.25) is 0 Å². The first-order valence-corrected chi connectivity index (χ1v) is 7.93. The van der Waals surface area contributed by atoms with Crippen LogP contribution < -0.4 is 5.32 Å². The summed E-state index contributed by atoms with van der Waals surface area (Å²) in [6, 6.07) is 9.02. The van der Waals surface area contributed by atoms with Crippen LogP contribution in [0.15, 0.2) is 24.3 Å². The average molecular weight is 281 g/mol. The van der Waals surface area contributed by atoms with Gasteiger partial charge in [0, 0.05) is 11.4 Å². The molecule has 0 aromatic heterocycles. The van der Waals surface area contributed by atoms with Crippen LogP contribution in [0.3, 0.4) is 0 Å². The molecule has 1 nitrogen and oxygen atoms in total. The van der Waals surface area contributed by atoms with Gasteiger partial charge in [-0.15, -0.1) is 0 Å². The smallest absolute Gasteiger partial charge is 0.0389 e. The van der Waals surface area contributed by atoms with E-state index in [0.29, 0.717) is 0 Å². The van der Waals surface area contributed by atoms with Gasteiger partial charge in [-0.25, -0.2) is 0 Å². The van der Waals surface area contributed by atoms with E-state index in [1.165, 1.54) is 44.8 Å². The molecule has 1 N–H and O–H groups in total. The first-order valence-electron chi connectivity index (χ1n) is 7.93. The Labute approximate surface area is 129 Å². The Morgan fingerprint density at radius 3 is 1.14 bits per heavy atom. The summed E-state index contributed by atoms with van der Waals surface area (Å²) in [5.41, 5.74) is 10.8. The number of rotatable bonds is 4. The zero-order valence-electron chi connectivity index (χ0n) is 14.2. The maximum atomic E-state index is 3.57. The van der Waals surface area contributed by atoms with Gasteiger partial charge in [0.2, 0.25) is 0 Å². The number of hydrogen-bond donors (Lipinski definition) is 1. The van der Waals surface area contributed by atoms with Crippen LogP contribution >= 0.6 is 0 Å². The molecule has 0 spiro atoms. The van der Waals surface area contributed by atoms with Crippen molar-refractivity contribution in [3.63, 3.8) is 0 Å². The third kappa shape index (κ3) is 3.29. The van der Waals surface area contributed by atoms with E-state index in [2.05, 4.69) is 71.1 Å². The van der Waals surface area contributed by atoms with Gasteiger partial charge < -0.3 is 5.32 Å². The summed E-state index contributed by atoms with van der Waals surface area (Å²) in [5, 5.41) is 3.57. The minimum Gasteiger partial charge on any atom is -0.355 e. The van der Waals surface area contributed by atoms with Crippen molar-refractivity contribution in [2.75, 3.05) is 5.32 Å². The van der Waals surface area contributed by atoms with Crippen LogP contribution in [0.25, 0.3) is 0 Å². The second kappa shape index (κ2) is 6.34. The molecule has 0 atom stereocenters. The molecular formula is C20H27N. The lowest BCUT2D eigenvalue weighted by Crippen LogP contribution is -1.99. The minimum atomic E-state index is 1.10. The Kier molecular flexibility index (Phi) is 4.72. The molecule has 2 aromatic carbocycles. The predicted octanol–water partition coefficient (Wildman–Crippen LogP) is 5.79. The Morgan fingerprint density at radius 2 is 0.905 bits per heavy atom. The minimum absolute atomic E-state index is 1.10. The molecule has 0 saturated heterocycles. The van der Waals surface area contributed by atoms with E-state index < -0.39 is 0 Å². The highest BCUT2D eigenvalue weighted by Gasteiger charge is 2.06. The Hall–Kier alpha value is -1.76. The van der Waals surface area contributed by atoms with Gasteiger partial charge in [-0.1, -0.05) is 13.8 Å². The van der Waals surface area contributed by atoms with Gasteiger partial charge in [-0.05, 0) is 98.2 Å². The highest BCUT2D eigenvalue weighted by molar-refractivity contribution is 5.64. The molecule has 2 aromatic rings. The van der Waals surface area contributed by atoms with Crippen molar-refractivity contribution in [1.82, 2.24) is 0 Å². The second-order valence-electron chi connectivity index (χ2n) is 6.01. The van der Waals surface area contributed by atoms with Gasteiger partial charge in [0.1, 0.15) is 0 Å². The monoisotopic (exact) mass is 281 g/mol. The lowest BCUT2D eigenvalue weighted by atomic mass is 9.98. The molecule has 0 amide bonds. The van der Waals surface area contributed by atoms with Crippen molar-refractivity contribution in [3.8, 4) is 0 Å². The number of hydrogen-bond acceptors (Lipinski definition) is 1. The largest absolute Gasteiger partial charge is 0.355 e. The molecule has 21 heavy (non-hydrogen) atoms. The van der Waals surface area contributed by atoms with E-state index in [-0.39, 0.29) is 0 Å². The molecule has 2 rings (SSSR count). The quantitative estimate of drug-likeness (QED) is 0.748. The maximum Gasteiger partial charge on any atom is 0.0389 e. The third-order valence-electron chi connectivity index (χ3n) is 4.39. The van der Waals surface area contributed by atoms with E-state index in [0.717, 1.165) is 12.8 Å². The number of benzene rings is 2. The summed E-state index contributed by atoms with van der Waals surface area (Å²) in [6.07, 6.45) is 2.20. The summed E-state index contributed by atoms with van der Waals surface area (Å²) in [4.78, 5) is 0. The topological polar surface area (TPSA) is 12.0 Å². The van der Waals surface area contributed by atoms with Crippen LogP contribution in [0, 0.1) is 27.7 Å². The Morgan fingerprint density at radius 1 is 0.619 bits per heavy atom. The van der Waals surface area contributed by atoms with Gasteiger partial charge in [0.15, 0.2) is 0 Å². The average Bonchev–Trinajstić information content (AvgIpc) is 2.38. The second-order valence-corrected chi connectivity index (χ2v) is 6.01. The first-order chi connectivity index (χ1) is 9.96. The standard InChI is InChI=1S/C20H27N/c1-7-19-13(3)9-17(10-14(19)4)21-18-11-15(5)20(8-2)16(6)12-18/h9-12,21H,7-8H2,1-6H3. The molecule has 0 heterocycles. The Balaban J connectivity index is 2.35. The van der Waals surface area contributed by atoms with Gasteiger partial charge in [-0.2, -0.15) is 0 Å². The summed E-state index contributed by atoms with van der Waals surface area (Å²) in [6.45, 7) is 13.3. The van der Waals surface area contributed by atoms with Crippen LogP contribution in [0.1, 0.15) is 47.2 Å². The Bertz CT molecular complexity index is 549. The molecule has 0 saturated carbocycles. The summed E-state index contributed by atoms with van der Waals surface area (Å²) in [5.74, 6) is 0. The molecule has 0 aliphatic heterocycles. The molecule has 0 unspecified atom stereocenters. The molecule has 112 valence electrons. The van der Waals surface area contributed by atoms with Crippen molar-refractivity contribution in [1.29, 1.82) is 0 Å². The zero-order valence-corrected chi connectivity index (χ0v) is 14.2. The first kappa shape index (κ1) is 15.6. The predicted molar refractivity (Wildman–Crippen MR) is 93.9 cm³/mol. The maximum absolute atomic E-state index is 3.57. The van der Waals surface area contributed by atoms with Gasteiger partial charge in [0.25, 0.3) is 0 Å². The molecule has 0 radical (unpaired) electrons. The van der Waals surface area contributed by atoms with Gasteiger partial charge >= 0.3 is 0 Å². The summed E-state index contributed by atoms with van der Waals surface area (Å²) < 4.78 is 0. The fourth-order valence-corrected chi connectivity index (χ4v) is 3.41. The fraction of sp³-hybridized carbons (Fsp3) is 0.400. The van der Waals surface area contributed by atoms with Crippen molar-refractivity contribution in [3.05, 3.63) is 57.6 Å². The molecular weight excluding hydrogens is 254 g/mol. The van der Waals surface area contributed by atoms with Crippen LogP contribution in [0.4, 0.5) is 11.4 Å². The third-order valence-corrected chi connectivity index (χ3v) is 4.39. The highest BCUT2D eigenvalue weighted by Crippen LogP contribution is 2.26. The number of aryl methyl sites for hydroxylation is 4. The van der Waals surface area contributed by atoms with Crippen LogP contribution in [0.2, 0.25) is 0 Å². The molecule has 0 fully saturated rings. The number of nitrogens with one attached hydrogen (secondary N) is 1. The lowest BCUT2D eigenvalue weighted by molar-refractivity contribution is 1.08. The van der Waals surface area contributed by atoms with Crippen molar-refractivity contribution < 1.29 is 0 Å². The molecule has 0 bridgehead atoms. The van der Waals surface area contributed by atoms with Crippen LogP contribution in [0.5, 0.6) is 0 Å². The van der Waals surface area contributed by atoms with E-state index in [4.69, 9.17) is 0 Å². The highest BCUT2D eigenvalue weighted by atomic mass is 14.9.